The zero-order valence-electron chi connectivity index (χ0n) is 8.69. The largest absolute Gasteiger partial charge is 0.316 e. The molecule has 4 heteroatoms. The summed E-state index contributed by atoms with van der Waals surface area (Å²) in [5, 5.41) is 7.92. The molecule has 0 unspecified atom stereocenters. The van der Waals surface area contributed by atoms with Crippen molar-refractivity contribution in [1.29, 1.82) is 0 Å². The molecule has 0 radical (unpaired) electrons. The highest BCUT2D eigenvalue weighted by Crippen LogP contribution is 2.27. The summed E-state index contributed by atoms with van der Waals surface area (Å²) in [4.78, 5) is 2.61. The first kappa shape index (κ1) is 11.4. The van der Waals surface area contributed by atoms with Gasteiger partial charge < -0.3 is 5.32 Å². The second-order valence-corrected chi connectivity index (χ2v) is 5.28. The summed E-state index contributed by atoms with van der Waals surface area (Å²) in [6, 6.07) is 2.25. The maximum atomic E-state index is 3.48. The van der Waals surface area contributed by atoms with Crippen LogP contribution in [0.3, 0.4) is 0 Å². The summed E-state index contributed by atoms with van der Waals surface area (Å²) in [7, 11) is 0. The topological polar surface area (TPSA) is 15.3 Å². The standard InChI is InChI=1S/C11H16N2S.ClH/c1-2-14-8-9(1)5-13-6-10-3-12-4-11(10)7-13;/h1-2,8,10-12H,3-7H2;1H/t10-,11+;. The lowest BCUT2D eigenvalue weighted by Crippen LogP contribution is -2.25. The van der Waals surface area contributed by atoms with E-state index < -0.39 is 0 Å². The molecule has 1 N–H and O–H groups in total. The fourth-order valence-corrected chi connectivity index (χ4v) is 3.38. The first-order valence-electron chi connectivity index (χ1n) is 5.36. The minimum atomic E-state index is 0. The lowest BCUT2D eigenvalue weighted by atomic mass is 10.0. The van der Waals surface area contributed by atoms with E-state index >= 15 is 0 Å². The van der Waals surface area contributed by atoms with Gasteiger partial charge in [0.15, 0.2) is 0 Å². The Kier molecular flexibility index (Phi) is 3.67. The number of fused-ring (bicyclic) bond motifs is 1. The van der Waals surface area contributed by atoms with Crippen LogP contribution in [0.25, 0.3) is 0 Å². The molecular formula is C11H17ClN2S. The van der Waals surface area contributed by atoms with Crippen molar-refractivity contribution in [1.82, 2.24) is 10.2 Å². The maximum absolute atomic E-state index is 3.48. The van der Waals surface area contributed by atoms with Crippen molar-refractivity contribution in [3.8, 4) is 0 Å². The monoisotopic (exact) mass is 244 g/mol. The van der Waals surface area contributed by atoms with E-state index in [4.69, 9.17) is 0 Å². The van der Waals surface area contributed by atoms with E-state index in [0.29, 0.717) is 0 Å². The third kappa shape index (κ3) is 2.36. The second-order valence-electron chi connectivity index (χ2n) is 4.50. The number of nitrogens with zero attached hydrogens (tertiary/aromatic N) is 1. The molecule has 0 aliphatic carbocycles. The van der Waals surface area contributed by atoms with E-state index in [1.54, 1.807) is 11.3 Å². The van der Waals surface area contributed by atoms with Crippen molar-refractivity contribution in [3.63, 3.8) is 0 Å². The number of thiophene rings is 1. The van der Waals surface area contributed by atoms with Gasteiger partial charge in [0.25, 0.3) is 0 Å². The van der Waals surface area contributed by atoms with Gasteiger partial charge in [-0.15, -0.1) is 12.4 Å². The zero-order valence-corrected chi connectivity index (χ0v) is 10.3. The summed E-state index contributed by atoms with van der Waals surface area (Å²) >= 11 is 1.81. The highest BCUT2D eigenvalue weighted by atomic mass is 35.5. The van der Waals surface area contributed by atoms with Crippen molar-refractivity contribution >= 4 is 23.7 Å². The third-order valence-corrected chi connectivity index (χ3v) is 4.18. The van der Waals surface area contributed by atoms with Crippen molar-refractivity contribution in [3.05, 3.63) is 22.4 Å². The van der Waals surface area contributed by atoms with Gasteiger partial charge in [0.1, 0.15) is 0 Å². The fraction of sp³-hybridized carbons (Fsp3) is 0.636. The molecule has 0 spiro atoms. The predicted octanol–water partition coefficient (Wildman–Crippen LogP) is 1.82. The van der Waals surface area contributed by atoms with Gasteiger partial charge in [-0.2, -0.15) is 11.3 Å². The smallest absolute Gasteiger partial charge is 0.0242 e. The van der Waals surface area contributed by atoms with Crippen LogP contribution in [0.2, 0.25) is 0 Å². The molecule has 2 atom stereocenters. The Morgan fingerprint density at radius 3 is 2.67 bits per heavy atom. The van der Waals surface area contributed by atoms with Crippen LogP contribution in [-0.4, -0.2) is 31.1 Å². The van der Waals surface area contributed by atoms with E-state index in [1.807, 2.05) is 0 Å². The van der Waals surface area contributed by atoms with Gasteiger partial charge >= 0.3 is 0 Å². The van der Waals surface area contributed by atoms with Crippen LogP contribution < -0.4 is 5.32 Å². The van der Waals surface area contributed by atoms with Crippen LogP contribution in [0.4, 0.5) is 0 Å². The van der Waals surface area contributed by atoms with E-state index in [1.165, 1.54) is 31.7 Å². The molecule has 2 aliphatic heterocycles. The summed E-state index contributed by atoms with van der Waals surface area (Å²) in [6.45, 7) is 6.24. The molecule has 3 rings (SSSR count). The first-order chi connectivity index (χ1) is 6.92. The summed E-state index contributed by atoms with van der Waals surface area (Å²) < 4.78 is 0. The Bertz CT molecular complexity index is 290. The van der Waals surface area contributed by atoms with Crippen molar-refractivity contribution in [2.45, 2.75) is 6.54 Å². The molecule has 1 aromatic heterocycles. The number of hydrogen-bond acceptors (Lipinski definition) is 3. The number of likely N-dealkylation sites (tertiary alicyclic amines) is 1. The van der Waals surface area contributed by atoms with Gasteiger partial charge in [-0.05, 0) is 47.3 Å². The quantitative estimate of drug-likeness (QED) is 0.854. The third-order valence-electron chi connectivity index (χ3n) is 3.45. The molecule has 2 saturated heterocycles. The molecule has 0 amide bonds. The van der Waals surface area contributed by atoms with Gasteiger partial charge in [0.05, 0.1) is 0 Å². The average Bonchev–Trinajstić information content (AvgIpc) is 2.78. The zero-order chi connectivity index (χ0) is 9.38. The van der Waals surface area contributed by atoms with Crippen LogP contribution in [0.1, 0.15) is 5.56 Å². The van der Waals surface area contributed by atoms with Crippen molar-refractivity contribution in [2.75, 3.05) is 26.2 Å². The molecule has 2 fully saturated rings. The number of hydrogen-bond donors (Lipinski definition) is 1. The second kappa shape index (κ2) is 4.83. The Hall–Kier alpha value is -0.0900. The van der Waals surface area contributed by atoms with Crippen molar-refractivity contribution in [2.24, 2.45) is 11.8 Å². The number of halogens is 1. The molecule has 3 heterocycles. The molecule has 0 saturated carbocycles. The Morgan fingerprint density at radius 2 is 2.07 bits per heavy atom. The lowest BCUT2D eigenvalue weighted by molar-refractivity contribution is 0.306. The molecule has 0 aromatic carbocycles. The number of nitrogens with one attached hydrogen (secondary N) is 1. The van der Waals surface area contributed by atoms with Crippen LogP contribution in [0.15, 0.2) is 16.8 Å². The average molecular weight is 245 g/mol. The van der Waals surface area contributed by atoms with Gasteiger partial charge in [-0.3, -0.25) is 4.90 Å². The SMILES string of the molecule is Cl.c1cc(CN2C[C@H]3CNC[C@H]3C2)cs1. The predicted molar refractivity (Wildman–Crippen MR) is 66.7 cm³/mol. The Labute approximate surface area is 101 Å². The van der Waals surface area contributed by atoms with Crippen LogP contribution in [0, 0.1) is 11.8 Å². The molecule has 1 aromatic rings. The lowest BCUT2D eigenvalue weighted by Gasteiger charge is -2.15. The van der Waals surface area contributed by atoms with E-state index in [2.05, 4.69) is 27.0 Å². The molecule has 0 bridgehead atoms. The molecule has 15 heavy (non-hydrogen) atoms. The highest BCUT2D eigenvalue weighted by molar-refractivity contribution is 7.07. The number of rotatable bonds is 2. The molecule has 84 valence electrons. The summed E-state index contributed by atoms with van der Waals surface area (Å²) in [5.41, 5.74) is 1.49. The minimum absolute atomic E-state index is 0. The maximum Gasteiger partial charge on any atom is 0.0242 e. The van der Waals surface area contributed by atoms with Gasteiger partial charge in [0, 0.05) is 19.6 Å². The summed E-state index contributed by atoms with van der Waals surface area (Å²) in [5.74, 6) is 1.85. The van der Waals surface area contributed by atoms with Crippen molar-refractivity contribution < 1.29 is 0 Å². The normalized spacial score (nSPS) is 30.1. The van der Waals surface area contributed by atoms with Gasteiger partial charge in [0.2, 0.25) is 0 Å². The van der Waals surface area contributed by atoms with Crippen LogP contribution in [-0.2, 0) is 6.54 Å². The molecule has 2 nitrogen and oxygen atoms in total. The highest BCUT2D eigenvalue weighted by Gasteiger charge is 2.35. The Morgan fingerprint density at radius 1 is 1.33 bits per heavy atom. The van der Waals surface area contributed by atoms with E-state index in [-0.39, 0.29) is 12.4 Å². The van der Waals surface area contributed by atoms with Gasteiger partial charge in [-0.25, -0.2) is 0 Å². The van der Waals surface area contributed by atoms with Crippen LogP contribution >= 0.6 is 23.7 Å². The van der Waals surface area contributed by atoms with Gasteiger partial charge in [-0.1, -0.05) is 0 Å². The van der Waals surface area contributed by atoms with Crippen LogP contribution in [0.5, 0.6) is 0 Å². The molecular weight excluding hydrogens is 228 g/mol. The first-order valence-corrected chi connectivity index (χ1v) is 6.30. The Balaban J connectivity index is 0.000000853. The summed E-state index contributed by atoms with van der Waals surface area (Å²) in [6.07, 6.45) is 0. The van der Waals surface area contributed by atoms with E-state index in [9.17, 15) is 0 Å². The minimum Gasteiger partial charge on any atom is -0.316 e. The fourth-order valence-electron chi connectivity index (χ4n) is 2.72. The molecule has 2 aliphatic rings. The van der Waals surface area contributed by atoms with E-state index in [0.717, 1.165) is 18.4 Å².